The molecule has 178 valence electrons. The van der Waals surface area contributed by atoms with Gasteiger partial charge < -0.3 is 9.80 Å². The number of rotatable bonds is 7. The Hall–Kier alpha value is -2.91. The van der Waals surface area contributed by atoms with Crippen LogP contribution in [0.15, 0.2) is 54.6 Å². The van der Waals surface area contributed by atoms with Gasteiger partial charge in [-0.15, -0.1) is 0 Å². The van der Waals surface area contributed by atoms with Crippen LogP contribution in [0, 0.1) is 39.2 Å². The molecule has 2 saturated heterocycles. The topological polar surface area (TPSA) is 73.4 Å². The number of non-ortho nitro benzene ring substituents is 1. The van der Waals surface area contributed by atoms with Gasteiger partial charge in [0.05, 0.1) is 16.4 Å². The Bertz CT molecular complexity index is 1010. The largest absolute Gasteiger partial charge is 0.371 e. The number of piperidine rings is 1. The Balaban J connectivity index is 1.17. The minimum Gasteiger partial charge on any atom is -0.371 e. The van der Waals surface area contributed by atoms with Gasteiger partial charge in [-0.1, -0.05) is 43.2 Å². The van der Waals surface area contributed by atoms with E-state index < -0.39 is 0 Å². The Kier molecular flexibility index (Phi) is 6.56. The van der Waals surface area contributed by atoms with Crippen LogP contribution in [0.4, 0.5) is 11.4 Å². The van der Waals surface area contributed by atoms with Crippen LogP contribution in [0.5, 0.6) is 0 Å². The average Bonchev–Trinajstić information content (AvgIpc) is 3.39. The highest BCUT2D eigenvalue weighted by Crippen LogP contribution is 2.50. The van der Waals surface area contributed by atoms with Crippen molar-refractivity contribution in [3.8, 4) is 6.07 Å². The molecule has 5 rings (SSSR count). The zero-order chi connectivity index (χ0) is 23.5. The molecule has 1 atom stereocenters. The Morgan fingerprint density at radius 3 is 2.15 bits per heavy atom. The van der Waals surface area contributed by atoms with Gasteiger partial charge in [-0.3, -0.25) is 10.1 Å². The third kappa shape index (κ3) is 4.30. The monoisotopic (exact) mass is 458 g/mol. The highest BCUT2D eigenvalue weighted by Gasteiger charge is 2.48. The number of likely N-dealkylation sites (tertiary alicyclic amines) is 1. The lowest BCUT2D eigenvalue weighted by molar-refractivity contribution is -0.384. The van der Waals surface area contributed by atoms with E-state index in [1.165, 1.54) is 31.2 Å². The lowest BCUT2D eigenvalue weighted by atomic mass is 9.60. The molecule has 3 aliphatic rings. The van der Waals surface area contributed by atoms with Crippen molar-refractivity contribution in [2.24, 2.45) is 17.8 Å². The smallest absolute Gasteiger partial charge is 0.269 e. The van der Waals surface area contributed by atoms with Crippen LogP contribution in [0.2, 0.25) is 0 Å². The van der Waals surface area contributed by atoms with Crippen molar-refractivity contribution in [2.75, 3.05) is 37.6 Å². The summed E-state index contributed by atoms with van der Waals surface area (Å²) in [4.78, 5) is 15.4. The molecule has 2 aliphatic heterocycles. The van der Waals surface area contributed by atoms with Crippen LogP contribution < -0.4 is 4.90 Å². The summed E-state index contributed by atoms with van der Waals surface area (Å²) in [5.41, 5.74) is 2.11. The van der Waals surface area contributed by atoms with E-state index in [4.69, 9.17) is 0 Å². The molecule has 2 aromatic carbocycles. The third-order valence-electron chi connectivity index (χ3n) is 8.57. The maximum absolute atomic E-state index is 10.9. The third-order valence-corrected chi connectivity index (χ3v) is 8.57. The minimum absolute atomic E-state index is 0.144. The summed E-state index contributed by atoms with van der Waals surface area (Å²) in [5, 5.41) is 21.4. The summed E-state index contributed by atoms with van der Waals surface area (Å²) in [6.07, 6.45) is 7.07. The van der Waals surface area contributed by atoms with Crippen LogP contribution in [-0.4, -0.2) is 42.5 Å². The molecule has 0 aromatic heterocycles. The number of hydrogen-bond acceptors (Lipinski definition) is 5. The molecule has 0 amide bonds. The predicted molar refractivity (Wildman–Crippen MR) is 134 cm³/mol. The van der Waals surface area contributed by atoms with E-state index in [0.29, 0.717) is 17.8 Å². The van der Waals surface area contributed by atoms with Gasteiger partial charge in [0.1, 0.15) is 0 Å². The fraction of sp³-hybridized carbons (Fsp3) is 0.536. The summed E-state index contributed by atoms with van der Waals surface area (Å²) in [5.74, 6) is 1.55. The van der Waals surface area contributed by atoms with E-state index in [2.05, 4.69) is 46.2 Å². The quantitative estimate of drug-likeness (QED) is 0.411. The average molecular weight is 459 g/mol. The molecule has 0 radical (unpaired) electrons. The zero-order valence-corrected chi connectivity index (χ0v) is 19.8. The molecule has 0 spiro atoms. The summed E-state index contributed by atoms with van der Waals surface area (Å²) in [6, 6.07) is 20.4. The Morgan fingerprint density at radius 2 is 1.56 bits per heavy atom. The maximum Gasteiger partial charge on any atom is 0.269 e. The van der Waals surface area contributed by atoms with Crippen LogP contribution in [0.3, 0.4) is 0 Å². The van der Waals surface area contributed by atoms with E-state index in [9.17, 15) is 15.4 Å². The molecule has 1 aliphatic carbocycles. The van der Waals surface area contributed by atoms with Gasteiger partial charge in [-0.2, -0.15) is 5.26 Å². The molecule has 1 saturated carbocycles. The minimum atomic E-state index is -0.349. The van der Waals surface area contributed by atoms with Crippen molar-refractivity contribution in [2.45, 2.75) is 43.9 Å². The second-order valence-electron chi connectivity index (χ2n) is 10.4. The first-order valence-electron chi connectivity index (χ1n) is 12.8. The van der Waals surface area contributed by atoms with Gasteiger partial charge >= 0.3 is 0 Å². The van der Waals surface area contributed by atoms with E-state index in [1.54, 1.807) is 12.1 Å². The molecule has 0 bridgehead atoms. The van der Waals surface area contributed by atoms with E-state index in [-0.39, 0.29) is 16.0 Å². The van der Waals surface area contributed by atoms with Crippen molar-refractivity contribution >= 4 is 11.4 Å². The van der Waals surface area contributed by atoms with Gasteiger partial charge in [0.25, 0.3) is 5.69 Å². The first-order valence-corrected chi connectivity index (χ1v) is 12.8. The van der Waals surface area contributed by atoms with Crippen molar-refractivity contribution in [3.63, 3.8) is 0 Å². The summed E-state index contributed by atoms with van der Waals surface area (Å²) < 4.78 is 0. The number of anilines is 1. The molecule has 2 aromatic rings. The second-order valence-corrected chi connectivity index (χ2v) is 10.4. The number of nitro benzene ring substituents is 1. The molecule has 3 fully saturated rings. The number of benzene rings is 2. The van der Waals surface area contributed by atoms with Crippen LogP contribution in [0.1, 0.15) is 44.1 Å². The van der Waals surface area contributed by atoms with E-state index in [0.717, 1.165) is 51.3 Å². The molecular formula is C28H34N4O2. The van der Waals surface area contributed by atoms with E-state index in [1.807, 2.05) is 12.1 Å². The fourth-order valence-electron chi connectivity index (χ4n) is 6.76. The normalized spacial score (nSPS) is 22.1. The fourth-order valence-corrected chi connectivity index (χ4v) is 6.76. The summed E-state index contributed by atoms with van der Waals surface area (Å²) >= 11 is 0. The maximum atomic E-state index is 10.9. The number of hydrogen-bond donors (Lipinski definition) is 0. The Morgan fingerprint density at radius 1 is 0.941 bits per heavy atom. The number of nitro groups is 1. The van der Waals surface area contributed by atoms with E-state index >= 15 is 0 Å². The second kappa shape index (κ2) is 9.76. The molecule has 6 nitrogen and oxygen atoms in total. The molecule has 1 unspecified atom stereocenters. The molecule has 0 N–H and O–H groups in total. The summed E-state index contributed by atoms with van der Waals surface area (Å²) in [6.45, 7) is 5.26. The highest BCUT2D eigenvalue weighted by atomic mass is 16.6. The van der Waals surface area contributed by atoms with Gasteiger partial charge in [0, 0.05) is 43.4 Å². The Labute approximate surface area is 202 Å². The SMILES string of the molecule is N#CC(c1ccccc1)(C1CCCC1)C1CCN(CC2CN(c3ccc([N+](=O)[O-])cc3)C2)CC1. The molecule has 2 heterocycles. The highest BCUT2D eigenvalue weighted by molar-refractivity contribution is 5.52. The van der Waals surface area contributed by atoms with Gasteiger partial charge in [-0.05, 0) is 68.3 Å². The predicted octanol–water partition coefficient (Wildman–Crippen LogP) is 5.39. The van der Waals surface area contributed by atoms with Gasteiger partial charge in [0.15, 0.2) is 0 Å². The lowest BCUT2D eigenvalue weighted by Crippen LogP contribution is -2.53. The number of nitriles is 1. The van der Waals surface area contributed by atoms with Crippen LogP contribution in [-0.2, 0) is 5.41 Å². The van der Waals surface area contributed by atoms with Crippen molar-refractivity contribution in [1.82, 2.24) is 4.90 Å². The summed E-state index contributed by atoms with van der Waals surface area (Å²) in [7, 11) is 0. The lowest BCUT2D eigenvalue weighted by Gasteiger charge is -2.47. The van der Waals surface area contributed by atoms with Crippen molar-refractivity contribution < 1.29 is 4.92 Å². The number of nitrogens with zero attached hydrogens (tertiary/aromatic N) is 4. The van der Waals surface area contributed by atoms with Crippen LogP contribution in [0.25, 0.3) is 0 Å². The zero-order valence-electron chi connectivity index (χ0n) is 19.8. The van der Waals surface area contributed by atoms with Gasteiger partial charge in [-0.25, -0.2) is 0 Å². The molecular weight excluding hydrogens is 424 g/mol. The van der Waals surface area contributed by atoms with Crippen LogP contribution >= 0.6 is 0 Å². The molecule has 6 heteroatoms. The first kappa shape index (κ1) is 22.9. The molecule has 34 heavy (non-hydrogen) atoms. The van der Waals surface area contributed by atoms with Gasteiger partial charge in [0.2, 0.25) is 0 Å². The first-order chi connectivity index (χ1) is 16.6. The van der Waals surface area contributed by atoms with Crippen molar-refractivity contribution in [1.29, 1.82) is 5.26 Å². The van der Waals surface area contributed by atoms with Crippen molar-refractivity contribution in [3.05, 3.63) is 70.3 Å². The standard InChI is InChI=1S/C28H34N4O2/c29-21-28(24-8-4-5-9-24,23-6-2-1-3-7-23)25-14-16-30(17-15-25)18-22-19-31(20-22)26-10-12-27(13-11-26)32(33)34/h1-3,6-7,10-13,22,24-25H,4-5,8-9,14-20H2.